The summed E-state index contributed by atoms with van der Waals surface area (Å²) in [6.07, 6.45) is 1.70. The fourth-order valence-corrected chi connectivity index (χ4v) is 3.30. The van der Waals surface area contributed by atoms with E-state index in [9.17, 15) is 0 Å². The summed E-state index contributed by atoms with van der Waals surface area (Å²) < 4.78 is 4.02. The van der Waals surface area contributed by atoms with Crippen LogP contribution in [0.5, 0.6) is 0 Å². The Labute approximate surface area is 141 Å². The van der Waals surface area contributed by atoms with Gasteiger partial charge in [0.2, 0.25) is 0 Å². The fourth-order valence-electron chi connectivity index (χ4n) is 2.21. The normalized spacial score (nSPS) is 12.9. The number of nitrogens with zero attached hydrogens (tertiary/aromatic N) is 2. The smallest absolute Gasteiger partial charge is 0.0837 e. The van der Waals surface area contributed by atoms with Crippen molar-refractivity contribution in [2.45, 2.75) is 25.9 Å². The van der Waals surface area contributed by atoms with Gasteiger partial charge in [0.1, 0.15) is 0 Å². The van der Waals surface area contributed by atoms with Gasteiger partial charge in [-0.25, -0.2) is 0 Å². The van der Waals surface area contributed by atoms with Crippen LogP contribution >= 0.6 is 43.5 Å². The second-order valence-corrected chi connectivity index (χ2v) is 6.98. The van der Waals surface area contributed by atoms with Crippen LogP contribution < -0.4 is 5.32 Å². The molecule has 0 aliphatic heterocycles. The lowest BCUT2D eigenvalue weighted by Gasteiger charge is -2.22. The van der Waals surface area contributed by atoms with Crippen molar-refractivity contribution in [1.29, 1.82) is 0 Å². The van der Waals surface area contributed by atoms with Crippen LogP contribution in [-0.4, -0.2) is 16.8 Å². The average Bonchev–Trinajstić information content (AvgIpc) is 2.77. The Hall–Kier alpha value is -0.360. The minimum absolute atomic E-state index is 0.0284. The molecule has 6 heteroatoms. The van der Waals surface area contributed by atoms with Gasteiger partial charge < -0.3 is 5.32 Å². The van der Waals surface area contributed by atoms with Gasteiger partial charge in [0.05, 0.1) is 23.0 Å². The molecule has 0 spiro atoms. The molecule has 1 N–H and O–H groups in total. The minimum atomic E-state index is -0.0284. The topological polar surface area (TPSA) is 29.9 Å². The van der Waals surface area contributed by atoms with Crippen LogP contribution in [0, 0.1) is 0 Å². The number of hydrogen-bond donors (Lipinski definition) is 1. The Balaban J connectivity index is 2.58. The standard InChI is InChI=1S/C14H16Br2ClN3/c1-8(2)20-14(12(17)7-19-20)13(18-3)10-6-9(15)4-5-11(10)16/h4-8,13,18H,1-3H3. The van der Waals surface area contributed by atoms with E-state index in [1.54, 1.807) is 6.20 Å². The van der Waals surface area contributed by atoms with Crippen molar-refractivity contribution < 1.29 is 0 Å². The van der Waals surface area contributed by atoms with E-state index in [2.05, 4.69) is 62.2 Å². The summed E-state index contributed by atoms with van der Waals surface area (Å²) in [4.78, 5) is 0. The lowest BCUT2D eigenvalue weighted by Crippen LogP contribution is -2.23. The zero-order chi connectivity index (χ0) is 14.9. The summed E-state index contributed by atoms with van der Waals surface area (Å²) >= 11 is 13.5. The number of halogens is 3. The number of hydrogen-bond acceptors (Lipinski definition) is 2. The third kappa shape index (κ3) is 3.11. The summed E-state index contributed by atoms with van der Waals surface area (Å²) in [5, 5.41) is 8.38. The third-order valence-corrected chi connectivity index (χ3v) is 4.61. The molecular formula is C14H16Br2ClN3. The molecule has 0 saturated carbocycles. The highest BCUT2D eigenvalue weighted by molar-refractivity contribution is 9.11. The Morgan fingerprint density at radius 3 is 2.60 bits per heavy atom. The Kier molecular flexibility index (Phi) is 5.29. The number of benzene rings is 1. The highest BCUT2D eigenvalue weighted by Crippen LogP contribution is 2.34. The number of aromatic nitrogens is 2. The van der Waals surface area contributed by atoms with E-state index in [4.69, 9.17) is 11.6 Å². The van der Waals surface area contributed by atoms with Gasteiger partial charge in [-0.15, -0.1) is 0 Å². The highest BCUT2D eigenvalue weighted by Gasteiger charge is 2.23. The second kappa shape index (κ2) is 6.60. The molecule has 2 rings (SSSR count). The monoisotopic (exact) mass is 419 g/mol. The van der Waals surface area contributed by atoms with Crippen LogP contribution in [0.4, 0.5) is 0 Å². The van der Waals surface area contributed by atoms with Gasteiger partial charge in [0.25, 0.3) is 0 Å². The first kappa shape index (κ1) is 16.0. The van der Waals surface area contributed by atoms with Crippen molar-refractivity contribution >= 4 is 43.5 Å². The van der Waals surface area contributed by atoms with Gasteiger partial charge in [-0.2, -0.15) is 5.10 Å². The molecule has 1 heterocycles. The van der Waals surface area contributed by atoms with Gasteiger partial charge in [-0.3, -0.25) is 4.68 Å². The first-order chi connectivity index (χ1) is 9.45. The van der Waals surface area contributed by atoms with Crippen LogP contribution in [0.1, 0.15) is 37.2 Å². The number of nitrogens with one attached hydrogen (secondary N) is 1. The van der Waals surface area contributed by atoms with Crippen molar-refractivity contribution in [2.75, 3.05) is 7.05 Å². The van der Waals surface area contributed by atoms with E-state index in [0.717, 1.165) is 20.2 Å². The molecule has 0 radical (unpaired) electrons. The lowest BCUT2D eigenvalue weighted by molar-refractivity contribution is 0.483. The van der Waals surface area contributed by atoms with Crippen molar-refractivity contribution in [3.05, 3.63) is 49.6 Å². The second-order valence-electron chi connectivity index (χ2n) is 4.80. The van der Waals surface area contributed by atoms with Gasteiger partial charge >= 0.3 is 0 Å². The first-order valence-corrected chi connectivity index (χ1v) is 8.27. The molecular weight excluding hydrogens is 405 g/mol. The molecule has 0 saturated heterocycles. The zero-order valence-corrected chi connectivity index (χ0v) is 15.4. The summed E-state index contributed by atoms with van der Waals surface area (Å²) in [5.41, 5.74) is 2.09. The lowest BCUT2D eigenvalue weighted by atomic mass is 10.0. The Bertz CT molecular complexity index is 610. The molecule has 2 aromatic rings. The third-order valence-electron chi connectivity index (χ3n) is 3.11. The largest absolute Gasteiger partial charge is 0.308 e. The SMILES string of the molecule is CNC(c1cc(Br)ccc1Br)c1c(Cl)cnn1C(C)C. The quantitative estimate of drug-likeness (QED) is 0.757. The molecule has 0 bridgehead atoms. The predicted octanol–water partition coefficient (Wildman–Crippen LogP) is 4.95. The summed E-state index contributed by atoms with van der Waals surface area (Å²) in [5.74, 6) is 0. The van der Waals surface area contributed by atoms with E-state index < -0.39 is 0 Å². The summed E-state index contributed by atoms with van der Waals surface area (Å²) in [6, 6.07) is 6.33. The fraction of sp³-hybridized carbons (Fsp3) is 0.357. The molecule has 1 aromatic heterocycles. The molecule has 1 unspecified atom stereocenters. The molecule has 1 atom stereocenters. The molecule has 0 fully saturated rings. The summed E-state index contributed by atoms with van der Waals surface area (Å²) in [6.45, 7) is 4.19. The van der Waals surface area contributed by atoms with E-state index in [1.165, 1.54) is 0 Å². The van der Waals surface area contributed by atoms with Gasteiger partial charge in [-0.1, -0.05) is 43.5 Å². The first-order valence-electron chi connectivity index (χ1n) is 6.30. The summed E-state index contributed by atoms with van der Waals surface area (Å²) in [7, 11) is 1.92. The molecule has 0 amide bonds. The minimum Gasteiger partial charge on any atom is -0.308 e. The van der Waals surface area contributed by atoms with Crippen LogP contribution in [-0.2, 0) is 0 Å². The molecule has 1 aromatic carbocycles. The van der Waals surface area contributed by atoms with Crippen LogP contribution in [0.3, 0.4) is 0 Å². The van der Waals surface area contributed by atoms with E-state index in [1.807, 2.05) is 23.9 Å². The van der Waals surface area contributed by atoms with Crippen molar-refractivity contribution in [3.8, 4) is 0 Å². The maximum Gasteiger partial charge on any atom is 0.0837 e. The molecule has 0 aliphatic carbocycles. The predicted molar refractivity (Wildman–Crippen MR) is 90.4 cm³/mol. The van der Waals surface area contributed by atoms with Gasteiger partial charge in [0, 0.05) is 15.0 Å². The highest BCUT2D eigenvalue weighted by atomic mass is 79.9. The van der Waals surface area contributed by atoms with Gasteiger partial charge in [0.15, 0.2) is 0 Å². The average molecular weight is 422 g/mol. The van der Waals surface area contributed by atoms with Gasteiger partial charge in [-0.05, 0) is 44.7 Å². The zero-order valence-electron chi connectivity index (χ0n) is 11.5. The maximum atomic E-state index is 6.35. The Morgan fingerprint density at radius 2 is 2.00 bits per heavy atom. The van der Waals surface area contributed by atoms with E-state index in [0.29, 0.717) is 5.02 Å². The molecule has 0 aliphatic rings. The maximum absolute atomic E-state index is 6.35. The molecule has 3 nitrogen and oxygen atoms in total. The van der Waals surface area contributed by atoms with Crippen LogP contribution in [0.25, 0.3) is 0 Å². The van der Waals surface area contributed by atoms with E-state index in [-0.39, 0.29) is 12.1 Å². The molecule has 20 heavy (non-hydrogen) atoms. The number of rotatable bonds is 4. The van der Waals surface area contributed by atoms with Crippen molar-refractivity contribution in [3.63, 3.8) is 0 Å². The van der Waals surface area contributed by atoms with E-state index >= 15 is 0 Å². The molecule has 108 valence electrons. The van der Waals surface area contributed by atoms with Crippen LogP contribution in [0.15, 0.2) is 33.3 Å². The van der Waals surface area contributed by atoms with Crippen LogP contribution in [0.2, 0.25) is 5.02 Å². The Morgan fingerprint density at radius 1 is 1.30 bits per heavy atom. The van der Waals surface area contributed by atoms with Crippen molar-refractivity contribution in [2.24, 2.45) is 0 Å². The van der Waals surface area contributed by atoms with Crippen molar-refractivity contribution in [1.82, 2.24) is 15.1 Å².